The number of carbonyl (C=O) groups excluding carboxylic acids is 1. The van der Waals surface area contributed by atoms with Gasteiger partial charge >= 0.3 is 0 Å². The van der Waals surface area contributed by atoms with Gasteiger partial charge < -0.3 is 4.90 Å². The summed E-state index contributed by atoms with van der Waals surface area (Å²) >= 11 is 1.27. The Morgan fingerprint density at radius 3 is 2.86 bits per heavy atom. The average molecular weight is 328 g/mol. The predicted molar refractivity (Wildman–Crippen MR) is 80.8 cm³/mol. The van der Waals surface area contributed by atoms with Crippen molar-refractivity contribution in [2.45, 2.75) is 18.2 Å². The molecule has 0 aromatic heterocycles. The van der Waals surface area contributed by atoms with E-state index in [-0.39, 0.29) is 28.7 Å². The van der Waals surface area contributed by atoms with Gasteiger partial charge in [-0.1, -0.05) is 17.8 Å². The SMILES string of the molecule is CC(=O)N=C1S[C@H]2CS(=O)(=O)C[C@H]2N1c1cccc(F)c1. The molecule has 21 heavy (non-hydrogen) atoms. The Morgan fingerprint density at radius 2 is 2.19 bits per heavy atom. The predicted octanol–water partition coefficient (Wildman–Crippen LogP) is 1.45. The van der Waals surface area contributed by atoms with Gasteiger partial charge in [0.25, 0.3) is 0 Å². The molecule has 0 radical (unpaired) electrons. The molecule has 1 aromatic carbocycles. The van der Waals surface area contributed by atoms with E-state index < -0.39 is 15.7 Å². The van der Waals surface area contributed by atoms with E-state index in [2.05, 4.69) is 4.99 Å². The Morgan fingerprint density at radius 1 is 1.43 bits per heavy atom. The minimum absolute atomic E-state index is 0.00188. The number of halogens is 1. The Balaban J connectivity index is 2.05. The number of aliphatic imine (C=N–C) groups is 1. The van der Waals surface area contributed by atoms with Gasteiger partial charge in [-0.25, -0.2) is 12.8 Å². The highest BCUT2D eigenvalue weighted by Crippen LogP contribution is 2.40. The van der Waals surface area contributed by atoms with Crippen LogP contribution in [0.5, 0.6) is 0 Å². The van der Waals surface area contributed by atoms with Crippen LogP contribution in [-0.2, 0) is 14.6 Å². The van der Waals surface area contributed by atoms with E-state index in [0.29, 0.717) is 10.9 Å². The normalized spacial score (nSPS) is 28.9. The topological polar surface area (TPSA) is 66.8 Å². The van der Waals surface area contributed by atoms with Crippen LogP contribution in [0.1, 0.15) is 6.92 Å². The number of thioether (sulfide) groups is 1. The lowest BCUT2D eigenvalue weighted by Crippen LogP contribution is -2.37. The molecule has 2 aliphatic heterocycles. The fourth-order valence-electron chi connectivity index (χ4n) is 2.63. The Bertz CT molecular complexity index is 733. The van der Waals surface area contributed by atoms with Crippen LogP contribution in [0.4, 0.5) is 10.1 Å². The van der Waals surface area contributed by atoms with Gasteiger partial charge in [-0.15, -0.1) is 0 Å². The molecule has 0 aliphatic carbocycles. The number of anilines is 1. The first kappa shape index (κ1) is 14.5. The van der Waals surface area contributed by atoms with E-state index in [1.165, 1.54) is 30.8 Å². The van der Waals surface area contributed by atoms with Crippen LogP contribution in [0.3, 0.4) is 0 Å². The van der Waals surface area contributed by atoms with E-state index >= 15 is 0 Å². The molecule has 112 valence electrons. The van der Waals surface area contributed by atoms with Crippen LogP contribution in [0.2, 0.25) is 0 Å². The molecular formula is C13H13FN2O3S2. The van der Waals surface area contributed by atoms with Crippen molar-refractivity contribution in [3.63, 3.8) is 0 Å². The average Bonchev–Trinajstić information content (AvgIpc) is 2.79. The van der Waals surface area contributed by atoms with Crippen LogP contribution in [0.25, 0.3) is 0 Å². The van der Waals surface area contributed by atoms with Gasteiger partial charge in [0.05, 0.1) is 17.5 Å². The fourth-order valence-corrected chi connectivity index (χ4v) is 6.59. The molecule has 2 fully saturated rings. The number of fused-ring (bicyclic) bond motifs is 1. The number of amides is 1. The molecule has 0 saturated carbocycles. The highest BCUT2D eigenvalue weighted by atomic mass is 32.2. The van der Waals surface area contributed by atoms with Crippen molar-refractivity contribution in [3.05, 3.63) is 30.1 Å². The molecule has 0 spiro atoms. The largest absolute Gasteiger partial charge is 0.315 e. The number of benzene rings is 1. The van der Waals surface area contributed by atoms with E-state index in [1.807, 2.05) is 0 Å². The maximum atomic E-state index is 13.4. The Hall–Kier alpha value is -1.41. The molecular weight excluding hydrogens is 315 g/mol. The maximum absolute atomic E-state index is 13.4. The number of hydrogen-bond donors (Lipinski definition) is 0. The molecule has 1 aromatic rings. The molecule has 1 amide bonds. The van der Waals surface area contributed by atoms with Crippen LogP contribution in [0.15, 0.2) is 29.3 Å². The summed E-state index contributed by atoms with van der Waals surface area (Å²) in [4.78, 5) is 16.9. The van der Waals surface area contributed by atoms with Gasteiger partial charge in [-0.05, 0) is 18.2 Å². The van der Waals surface area contributed by atoms with Crippen molar-refractivity contribution in [2.75, 3.05) is 16.4 Å². The van der Waals surface area contributed by atoms with Gasteiger partial charge in [0, 0.05) is 17.9 Å². The van der Waals surface area contributed by atoms with Crippen LogP contribution in [0, 0.1) is 5.82 Å². The standard InChI is InChI=1S/C13H13FN2O3S2/c1-8(17)15-13-16(10-4-2-3-9(14)5-10)11-6-21(18,19)7-12(11)20-13/h2-5,11-12H,6-7H2,1H3/t11-,12+/m1/s1. The first-order valence-corrected chi connectivity index (χ1v) is 9.07. The maximum Gasteiger partial charge on any atom is 0.244 e. The molecule has 2 atom stereocenters. The lowest BCUT2D eigenvalue weighted by atomic mass is 10.2. The van der Waals surface area contributed by atoms with Crippen molar-refractivity contribution >= 4 is 38.4 Å². The number of hydrogen-bond acceptors (Lipinski definition) is 4. The van der Waals surface area contributed by atoms with Crippen LogP contribution < -0.4 is 4.90 Å². The highest BCUT2D eigenvalue weighted by molar-refractivity contribution is 8.16. The Labute approximate surface area is 126 Å². The third kappa shape index (κ3) is 2.82. The number of nitrogens with zero attached hydrogens (tertiary/aromatic N) is 2. The summed E-state index contributed by atoms with van der Waals surface area (Å²) in [6.07, 6.45) is 0. The Kier molecular flexibility index (Phi) is 3.53. The molecule has 8 heteroatoms. The smallest absolute Gasteiger partial charge is 0.244 e. The zero-order valence-corrected chi connectivity index (χ0v) is 12.8. The lowest BCUT2D eigenvalue weighted by molar-refractivity contribution is -0.115. The van der Waals surface area contributed by atoms with Crippen molar-refractivity contribution in [2.24, 2.45) is 4.99 Å². The number of rotatable bonds is 1. The third-order valence-corrected chi connectivity index (χ3v) is 6.62. The van der Waals surface area contributed by atoms with E-state index in [9.17, 15) is 17.6 Å². The first-order chi connectivity index (χ1) is 9.85. The molecule has 0 bridgehead atoms. The minimum Gasteiger partial charge on any atom is -0.315 e. The first-order valence-electron chi connectivity index (χ1n) is 6.37. The second kappa shape index (κ2) is 5.10. The van der Waals surface area contributed by atoms with E-state index in [1.54, 1.807) is 17.0 Å². The van der Waals surface area contributed by atoms with Gasteiger partial charge in [0.1, 0.15) is 5.82 Å². The van der Waals surface area contributed by atoms with Gasteiger partial charge in [-0.2, -0.15) is 4.99 Å². The summed E-state index contributed by atoms with van der Waals surface area (Å²) in [6, 6.07) is 5.57. The molecule has 2 aliphatic rings. The summed E-state index contributed by atoms with van der Waals surface area (Å²) in [7, 11) is -3.10. The second-order valence-corrected chi connectivity index (χ2v) is 8.42. The molecule has 5 nitrogen and oxygen atoms in total. The van der Waals surface area contributed by atoms with Crippen LogP contribution in [-0.4, -0.2) is 42.3 Å². The lowest BCUT2D eigenvalue weighted by Gasteiger charge is -2.24. The zero-order valence-electron chi connectivity index (χ0n) is 11.2. The molecule has 0 N–H and O–H groups in total. The van der Waals surface area contributed by atoms with Crippen LogP contribution >= 0.6 is 11.8 Å². The highest BCUT2D eigenvalue weighted by Gasteiger charge is 2.49. The third-order valence-electron chi connectivity index (χ3n) is 3.41. The monoisotopic (exact) mass is 328 g/mol. The number of carbonyl (C=O) groups is 1. The zero-order chi connectivity index (χ0) is 15.2. The van der Waals surface area contributed by atoms with Crippen molar-refractivity contribution in [1.29, 1.82) is 0 Å². The number of sulfone groups is 1. The summed E-state index contributed by atoms with van der Waals surface area (Å²) < 4.78 is 37.0. The second-order valence-electron chi connectivity index (χ2n) is 5.06. The van der Waals surface area contributed by atoms with Gasteiger partial charge in [-0.3, -0.25) is 4.79 Å². The minimum atomic E-state index is -3.10. The molecule has 3 rings (SSSR count). The summed E-state index contributed by atoms with van der Waals surface area (Å²) in [6.45, 7) is 1.34. The fraction of sp³-hybridized carbons (Fsp3) is 0.385. The van der Waals surface area contributed by atoms with E-state index in [4.69, 9.17) is 0 Å². The van der Waals surface area contributed by atoms with Crippen molar-refractivity contribution in [3.8, 4) is 0 Å². The van der Waals surface area contributed by atoms with Gasteiger partial charge in [0.15, 0.2) is 15.0 Å². The van der Waals surface area contributed by atoms with Crippen molar-refractivity contribution < 1.29 is 17.6 Å². The molecule has 2 saturated heterocycles. The van der Waals surface area contributed by atoms with Gasteiger partial charge in [0.2, 0.25) is 5.91 Å². The summed E-state index contributed by atoms with van der Waals surface area (Å²) in [5.74, 6) is -0.714. The summed E-state index contributed by atoms with van der Waals surface area (Å²) in [5, 5.41) is 0.273. The number of amidine groups is 1. The quantitative estimate of drug-likeness (QED) is 0.780. The summed E-state index contributed by atoms with van der Waals surface area (Å²) in [5.41, 5.74) is 0.520. The van der Waals surface area contributed by atoms with E-state index in [0.717, 1.165) is 0 Å². The van der Waals surface area contributed by atoms with Crippen molar-refractivity contribution in [1.82, 2.24) is 0 Å². The molecule has 0 unspecified atom stereocenters. The molecule has 2 heterocycles.